The summed E-state index contributed by atoms with van der Waals surface area (Å²) in [5.41, 5.74) is 3.87. The lowest BCUT2D eigenvalue weighted by molar-refractivity contribution is 1.11. The molecule has 1 heteroatoms. The first-order valence-corrected chi connectivity index (χ1v) is 4.62. The third-order valence-corrected chi connectivity index (χ3v) is 2.18. The Morgan fingerprint density at radius 3 is 3.00 bits per heavy atom. The van der Waals surface area contributed by atoms with Gasteiger partial charge in [-0.1, -0.05) is 35.9 Å². The highest BCUT2D eigenvalue weighted by molar-refractivity contribution is 5.64. The predicted octanol–water partition coefficient (Wildman–Crippen LogP) is 2.90. The van der Waals surface area contributed by atoms with E-state index in [2.05, 4.69) is 42.3 Å². The van der Waals surface area contributed by atoms with Gasteiger partial charge in [-0.2, -0.15) is 0 Å². The van der Waals surface area contributed by atoms with Crippen LogP contribution >= 0.6 is 0 Å². The van der Waals surface area contributed by atoms with Crippen molar-refractivity contribution >= 4 is 6.21 Å². The molecule has 0 atom stereocenters. The van der Waals surface area contributed by atoms with Gasteiger partial charge in [0, 0.05) is 24.8 Å². The van der Waals surface area contributed by atoms with E-state index in [1.807, 2.05) is 6.21 Å². The maximum Gasteiger partial charge on any atom is 0.0407 e. The Hall–Kier alpha value is -1.37. The molecule has 0 bridgehead atoms. The summed E-state index contributed by atoms with van der Waals surface area (Å²) >= 11 is 0. The summed E-state index contributed by atoms with van der Waals surface area (Å²) in [6.07, 6.45) is 6.12. The molecule has 0 saturated heterocycles. The van der Waals surface area contributed by atoms with Crippen molar-refractivity contribution in [1.29, 1.82) is 0 Å². The van der Waals surface area contributed by atoms with E-state index in [1.165, 1.54) is 16.8 Å². The molecule has 13 heavy (non-hydrogen) atoms. The highest BCUT2D eigenvalue weighted by Gasteiger charge is 2.00. The number of rotatable bonds is 2. The van der Waals surface area contributed by atoms with Crippen LogP contribution in [0.5, 0.6) is 0 Å². The van der Waals surface area contributed by atoms with Gasteiger partial charge in [0.2, 0.25) is 0 Å². The Balaban J connectivity index is 2.13. The average Bonchev–Trinajstić information content (AvgIpc) is 2.57. The van der Waals surface area contributed by atoms with E-state index in [-0.39, 0.29) is 0 Å². The van der Waals surface area contributed by atoms with Crippen LogP contribution in [0.2, 0.25) is 0 Å². The summed E-state index contributed by atoms with van der Waals surface area (Å²) < 4.78 is 0. The van der Waals surface area contributed by atoms with E-state index in [0.717, 1.165) is 12.8 Å². The van der Waals surface area contributed by atoms with Crippen molar-refractivity contribution in [2.45, 2.75) is 19.8 Å². The fourth-order valence-corrected chi connectivity index (χ4v) is 1.56. The number of hydrogen-bond acceptors (Lipinski definition) is 1. The molecular weight excluding hydrogens is 158 g/mol. The topological polar surface area (TPSA) is 12.4 Å². The van der Waals surface area contributed by atoms with Crippen molar-refractivity contribution in [3.05, 3.63) is 47.2 Å². The van der Waals surface area contributed by atoms with Gasteiger partial charge in [0.15, 0.2) is 0 Å². The van der Waals surface area contributed by atoms with Gasteiger partial charge in [-0.15, -0.1) is 0 Å². The highest BCUT2D eigenvalue weighted by atomic mass is 14.7. The molecule has 1 aliphatic heterocycles. The second-order valence-electron chi connectivity index (χ2n) is 3.41. The van der Waals surface area contributed by atoms with Gasteiger partial charge < -0.3 is 0 Å². The Morgan fingerprint density at radius 1 is 1.38 bits per heavy atom. The van der Waals surface area contributed by atoms with Crippen LogP contribution in [-0.2, 0) is 6.42 Å². The van der Waals surface area contributed by atoms with Crippen LogP contribution < -0.4 is 0 Å². The Morgan fingerprint density at radius 2 is 2.31 bits per heavy atom. The van der Waals surface area contributed by atoms with Gasteiger partial charge in [0.25, 0.3) is 0 Å². The molecular formula is C12H13N. The fraction of sp³-hybridized carbons (Fsp3) is 0.250. The molecule has 0 fully saturated rings. The van der Waals surface area contributed by atoms with Crippen molar-refractivity contribution in [3.63, 3.8) is 0 Å². The van der Waals surface area contributed by atoms with E-state index in [1.54, 1.807) is 0 Å². The van der Waals surface area contributed by atoms with Crippen molar-refractivity contribution in [2.75, 3.05) is 0 Å². The van der Waals surface area contributed by atoms with Crippen LogP contribution in [0.15, 0.2) is 41.0 Å². The zero-order valence-corrected chi connectivity index (χ0v) is 7.83. The molecule has 0 aliphatic carbocycles. The molecule has 1 aromatic carbocycles. The number of nitrogens with zero attached hydrogens (tertiary/aromatic N) is 1. The average molecular weight is 171 g/mol. The highest BCUT2D eigenvalue weighted by Crippen LogP contribution is 2.14. The van der Waals surface area contributed by atoms with Gasteiger partial charge in [0.05, 0.1) is 0 Å². The van der Waals surface area contributed by atoms with Crippen LogP contribution in [0.25, 0.3) is 0 Å². The standard InChI is InChI=1S/C12H13N/c1-10-4-2-5-11(8-10)9-12-6-3-7-13-12/h2,4-8H,3,9H2,1H3. The van der Waals surface area contributed by atoms with E-state index in [4.69, 9.17) is 0 Å². The van der Waals surface area contributed by atoms with E-state index >= 15 is 0 Å². The number of aliphatic imine (C=N–C) groups is 1. The molecule has 0 saturated carbocycles. The predicted molar refractivity (Wildman–Crippen MR) is 56.1 cm³/mol. The first-order valence-electron chi connectivity index (χ1n) is 4.62. The van der Waals surface area contributed by atoms with Crippen LogP contribution in [0, 0.1) is 6.92 Å². The van der Waals surface area contributed by atoms with Crippen molar-refractivity contribution in [2.24, 2.45) is 4.99 Å². The number of allylic oxidation sites excluding steroid dienone is 2. The molecule has 0 aromatic heterocycles. The largest absolute Gasteiger partial charge is 0.265 e. The SMILES string of the molecule is Cc1cccc(CC2=CCC=N2)c1. The minimum absolute atomic E-state index is 0.970. The lowest BCUT2D eigenvalue weighted by Gasteiger charge is -2.00. The quantitative estimate of drug-likeness (QED) is 0.648. The van der Waals surface area contributed by atoms with Gasteiger partial charge in [-0.25, -0.2) is 0 Å². The van der Waals surface area contributed by atoms with Gasteiger partial charge >= 0.3 is 0 Å². The first kappa shape index (κ1) is 8.24. The molecule has 0 spiro atoms. The molecule has 1 aromatic rings. The van der Waals surface area contributed by atoms with Crippen LogP contribution in [0.4, 0.5) is 0 Å². The maximum atomic E-state index is 4.30. The molecule has 0 unspecified atom stereocenters. The third-order valence-electron chi connectivity index (χ3n) is 2.18. The van der Waals surface area contributed by atoms with Crippen molar-refractivity contribution in [3.8, 4) is 0 Å². The van der Waals surface area contributed by atoms with E-state index in [0.29, 0.717) is 0 Å². The molecule has 66 valence electrons. The van der Waals surface area contributed by atoms with Crippen LogP contribution in [0.3, 0.4) is 0 Å². The van der Waals surface area contributed by atoms with E-state index in [9.17, 15) is 0 Å². The molecule has 2 rings (SSSR count). The number of hydrogen-bond donors (Lipinski definition) is 0. The maximum absolute atomic E-state index is 4.30. The lowest BCUT2D eigenvalue weighted by atomic mass is 10.1. The summed E-state index contributed by atoms with van der Waals surface area (Å²) in [5.74, 6) is 0. The molecule has 1 aliphatic rings. The molecule has 1 nitrogen and oxygen atoms in total. The summed E-state index contributed by atoms with van der Waals surface area (Å²) in [5, 5.41) is 0. The van der Waals surface area contributed by atoms with Crippen molar-refractivity contribution < 1.29 is 0 Å². The van der Waals surface area contributed by atoms with Gasteiger partial charge in [-0.05, 0) is 12.5 Å². The molecule has 0 radical (unpaired) electrons. The monoisotopic (exact) mass is 171 g/mol. The summed E-state index contributed by atoms with van der Waals surface area (Å²) in [6.45, 7) is 2.12. The lowest BCUT2D eigenvalue weighted by Crippen LogP contribution is -1.86. The second kappa shape index (κ2) is 3.56. The van der Waals surface area contributed by atoms with Gasteiger partial charge in [0.1, 0.15) is 0 Å². The smallest absolute Gasteiger partial charge is 0.0407 e. The zero-order valence-electron chi connectivity index (χ0n) is 7.83. The minimum Gasteiger partial charge on any atom is -0.265 e. The van der Waals surface area contributed by atoms with Crippen LogP contribution in [-0.4, -0.2) is 6.21 Å². The van der Waals surface area contributed by atoms with Crippen LogP contribution in [0.1, 0.15) is 17.5 Å². The molecule has 0 amide bonds. The summed E-state index contributed by atoms with van der Waals surface area (Å²) in [4.78, 5) is 4.30. The Kier molecular flexibility index (Phi) is 2.26. The van der Waals surface area contributed by atoms with E-state index < -0.39 is 0 Å². The molecule has 1 heterocycles. The Bertz CT molecular complexity index is 361. The summed E-state index contributed by atoms with van der Waals surface area (Å²) in [7, 11) is 0. The normalized spacial score (nSPS) is 14.7. The zero-order chi connectivity index (χ0) is 9.10. The second-order valence-corrected chi connectivity index (χ2v) is 3.41. The third kappa shape index (κ3) is 2.05. The molecule has 0 N–H and O–H groups in total. The fourth-order valence-electron chi connectivity index (χ4n) is 1.56. The van der Waals surface area contributed by atoms with Gasteiger partial charge in [-0.3, -0.25) is 4.99 Å². The number of benzene rings is 1. The number of aryl methyl sites for hydroxylation is 1. The first-order chi connectivity index (χ1) is 6.34. The Labute approximate surface area is 78.8 Å². The summed E-state index contributed by atoms with van der Waals surface area (Å²) in [6, 6.07) is 8.59. The minimum atomic E-state index is 0.970. The van der Waals surface area contributed by atoms with Crippen molar-refractivity contribution in [1.82, 2.24) is 0 Å².